The molecule has 0 aliphatic carbocycles. The number of likely N-dealkylation sites (N-methyl/N-ethyl adjacent to an activating group) is 1. The van der Waals surface area contributed by atoms with Gasteiger partial charge in [0.1, 0.15) is 12.3 Å². The van der Waals surface area contributed by atoms with E-state index >= 15 is 0 Å². The standard InChI is InChI=1S/C12H24N4O/c1-10-12(11(2)16(5)14-10)17-9-7-13-6-8-15(3)4/h13H,6-9H2,1-5H3. The van der Waals surface area contributed by atoms with Gasteiger partial charge in [-0.2, -0.15) is 5.10 Å². The molecule has 0 saturated heterocycles. The Morgan fingerprint density at radius 1 is 1.29 bits per heavy atom. The molecule has 1 rings (SSSR count). The molecule has 0 fully saturated rings. The minimum absolute atomic E-state index is 0.681. The first-order chi connectivity index (χ1) is 8.02. The summed E-state index contributed by atoms with van der Waals surface area (Å²) in [5.74, 6) is 0.918. The smallest absolute Gasteiger partial charge is 0.163 e. The third-order valence-electron chi connectivity index (χ3n) is 2.70. The molecule has 1 aromatic rings. The van der Waals surface area contributed by atoms with Crippen molar-refractivity contribution < 1.29 is 4.74 Å². The summed E-state index contributed by atoms with van der Waals surface area (Å²) in [6, 6.07) is 0. The van der Waals surface area contributed by atoms with Crippen LogP contribution in [0.15, 0.2) is 0 Å². The van der Waals surface area contributed by atoms with Crippen molar-refractivity contribution in [2.24, 2.45) is 7.05 Å². The first-order valence-corrected chi connectivity index (χ1v) is 6.00. The van der Waals surface area contributed by atoms with Gasteiger partial charge in [0.15, 0.2) is 5.75 Å². The third-order valence-corrected chi connectivity index (χ3v) is 2.70. The van der Waals surface area contributed by atoms with Gasteiger partial charge in [-0.05, 0) is 27.9 Å². The highest BCUT2D eigenvalue weighted by Gasteiger charge is 2.09. The van der Waals surface area contributed by atoms with Crippen LogP contribution in [0.2, 0.25) is 0 Å². The summed E-state index contributed by atoms with van der Waals surface area (Å²) in [7, 11) is 6.08. The first kappa shape index (κ1) is 14.0. The molecule has 0 radical (unpaired) electrons. The second-order valence-corrected chi connectivity index (χ2v) is 4.53. The largest absolute Gasteiger partial charge is 0.488 e. The summed E-state index contributed by atoms with van der Waals surface area (Å²) in [6.45, 7) is 7.57. The van der Waals surface area contributed by atoms with Gasteiger partial charge >= 0.3 is 0 Å². The monoisotopic (exact) mass is 240 g/mol. The van der Waals surface area contributed by atoms with E-state index in [1.165, 1.54) is 0 Å². The van der Waals surface area contributed by atoms with E-state index in [9.17, 15) is 0 Å². The van der Waals surface area contributed by atoms with Gasteiger partial charge in [0.2, 0.25) is 0 Å². The maximum absolute atomic E-state index is 5.74. The summed E-state index contributed by atoms with van der Waals surface area (Å²) < 4.78 is 7.59. The van der Waals surface area contributed by atoms with Crippen molar-refractivity contribution in [2.75, 3.05) is 40.3 Å². The fourth-order valence-electron chi connectivity index (χ4n) is 1.62. The van der Waals surface area contributed by atoms with E-state index in [-0.39, 0.29) is 0 Å². The lowest BCUT2D eigenvalue weighted by atomic mass is 10.3. The van der Waals surface area contributed by atoms with Gasteiger partial charge < -0.3 is 15.0 Å². The summed E-state index contributed by atoms with van der Waals surface area (Å²) >= 11 is 0. The second kappa shape index (κ2) is 6.61. The van der Waals surface area contributed by atoms with Crippen molar-refractivity contribution >= 4 is 0 Å². The molecular weight excluding hydrogens is 216 g/mol. The molecule has 0 aliphatic rings. The lowest BCUT2D eigenvalue weighted by Gasteiger charge is -2.11. The number of rotatable bonds is 7. The molecule has 5 nitrogen and oxygen atoms in total. The molecule has 17 heavy (non-hydrogen) atoms. The van der Waals surface area contributed by atoms with Crippen LogP contribution in [-0.2, 0) is 7.05 Å². The minimum atomic E-state index is 0.681. The number of nitrogens with one attached hydrogen (secondary N) is 1. The van der Waals surface area contributed by atoms with Crippen LogP contribution in [0, 0.1) is 13.8 Å². The second-order valence-electron chi connectivity index (χ2n) is 4.53. The quantitative estimate of drug-likeness (QED) is 0.708. The van der Waals surface area contributed by atoms with Crippen LogP contribution >= 0.6 is 0 Å². The summed E-state index contributed by atoms with van der Waals surface area (Å²) in [5, 5.41) is 7.65. The Bertz CT molecular complexity index is 347. The van der Waals surface area contributed by atoms with Crippen molar-refractivity contribution in [3.05, 3.63) is 11.4 Å². The number of aryl methyl sites for hydroxylation is 2. The molecule has 1 aromatic heterocycles. The van der Waals surface area contributed by atoms with E-state index in [0.717, 1.165) is 36.8 Å². The van der Waals surface area contributed by atoms with Crippen LogP contribution in [-0.4, -0.2) is 55.0 Å². The Labute approximate surface area is 104 Å². The molecule has 0 atom stereocenters. The molecule has 0 spiro atoms. The molecule has 1 N–H and O–H groups in total. The summed E-state index contributed by atoms with van der Waals surface area (Å²) in [5.41, 5.74) is 2.04. The number of ether oxygens (including phenoxy) is 1. The van der Waals surface area contributed by atoms with Crippen molar-refractivity contribution in [3.8, 4) is 5.75 Å². The average Bonchev–Trinajstić information content (AvgIpc) is 2.48. The zero-order valence-electron chi connectivity index (χ0n) is 11.6. The molecule has 1 heterocycles. The molecule has 98 valence electrons. The molecule has 0 amide bonds. The Morgan fingerprint density at radius 3 is 2.53 bits per heavy atom. The van der Waals surface area contributed by atoms with Gasteiger partial charge in [-0.25, -0.2) is 0 Å². The molecular formula is C12H24N4O. The zero-order valence-corrected chi connectivity index (χ0v) is 11.6. The van der Waals surface area contributed by atoms with E-state index in [1.54, 1.807) is 0 Å². The Kier molecular flexibility index (Phi) is 5.44. The first-order valence-electron chi connectivity index (χ1n) is 6.00. The van der Waals surface area contributed by atoms with Crippen molar-refractivity contribution in [1.82, 2.24) is 20.0 Å². The number of aromatic nitrogens is 2. The van der Waals surface area contributed by atoms with Gasteiger partial charge in [0.05, 0.1) is 5.69 Å². The van der Waals surface area contributed by atoms with Crippen molar-refractivity contribution in [3.63, 3.8) is 0 Å². The normalized spacial score (nSPS) is 11.2. The minimum Gasteiger partial charge on any atom is -0.488 e. The molecule has 0 saturated carbocycles. The van der Waals surface area contributed by atoms with E-state index in [2.05, 4.69) is 29.4 Å². The van der Waals surface area contributed by atoms with E-state index < -0.39 is 0 Å². The number of hydrogen-bond donors (Lipinski definition) is 1. The fraction of sp³-hybridized carbons (Fsp3) is 0.750. The predicted octanol–water partition coefficient (Wildman–Crippen LogP) is 0.567. The fourth-order valence-corrected chi connectivity index (χ4v) is 1.62. The maximum atomic E-state index is 5.74. The Balaban J connectivity index is 2.22. The topological polar surface area (TPSA) is 42.3 Å². The van der Waals surface area contributed by atoms with Gasteiger partial charge in [0.25, 0.3) is 0 Å². The van der Waals surface area contributed by atoms with Crippen LogP contribution < -0.4 is 10.1 Å². The maximum Gasteiger partial charge on any atom is 0.163 e. The Hall–Kier alpha value is -1.07. The van der Waals surface area contributed by atoms with E-state index in [0.29, 0.717) is 6.61 Å². The van der Waals surface area contributed by atoms with Gasteiger partial charge in [0, 0.05) is 26.7 Å². The molecule has 5 heteroatoms. The molecule has 0 unspecified atom stereocenters. The highest BCUT2D eigenvalue weighted by Crippen LogP contribution is 2.20. The van der Waals surface area contributed by atoms with Crippen LogP contribution in [0.1, 0.15) is 11.4 Å². The third kappa shape index (κ3) is 4.36. The van der Waals surface area contributed by atoms with Crippen LogP contribution in [0.4, 0.5) is 0 Å². The van der Waals surface area contributed by atoms with Crippen molar-refractivity contribution in [2.45, 2.75) is 13.8 Å². The average molecular weight is 240 g/mol. The van der Waals surface area contributed by atoms with E-state index in [1.807, 2.05) is 25.6 Å². The molecule has 0 bridgehead atoms. The van der Waals surface area contributed by atoms with Crippen LogP contribution in [0.5, 0.6) is 5.75 Å². The molecule has 0 aliphatic heterocycles. The lowest BCUT2D eigenvalue weighted by molar-refractivity contribution is 0.304. The van der Waals surface area contributed by atoms with E-state index in [4.69, 9.17) is 4.74 Å². The number of hydrogen-bond acceptors (Lipinski definition) is 4. The summed E-state index contributed by atoms with van der Waals surface area (Å²) in [6.07, 6.45) is 0. The SMILES string of the molecule is Cc1nn(C)c(C)c1OCCNCCN(C)C. The van der Waals surface area contributed by atoms with Crippen LogP contribution in [0.3, 0.4) is 0 Å². The zero-order chi connectivity index (χ0) is 12.8. The highest BCUT2D eigenvalue weighted by molar-refractivity contribution is 5.31. The molecule has 0 aromatic carbocycles. The Morgan fingerprint density at radius 2 is 2.00 bits per heavy atom. The predicted molar refractivity (Wildman–Crippen MR) is 69.6 cm³/mol. The van der Waals surface area contributed by atoms with Gasteiger partial charge in [-0.1, -0.05) is 0 Å². The summed E-state index contributed by atoms with van der Waals surface area (Å²) in [4.78, 5) is 2.16. The van der Waals surface area contributed by atoms with Gasteiger partial charge in [-0.15, -0.1) is 0 Å². The van der Waals surface area contributed by atoms with Crippen molar-refractivity contribution in [1.29, 1.82) is 0 Å². The van der Waals surface area contributed by atoms with Gasteiger partial charge in [-0.3, -0.25) is 4.68 Å². The highest BCUT2D eigenvalue weighted by atomic mass is 16.5. The number of nitrogens with zero attached hydrogens (tertiary/aromatic N) is 3. The van der Waals surface area contributed by atoms with Crippen LogP contribution in [0.25, 0.3) is 0 Å². The lowest BCUT2D eigenvalue weighted by Crippen LogP contribution is -2.29.